The molecule has 2 aromatic heterocycles. The lowest BCUT2D eigenvalue weighted by Crippen LogP contribution is -2.38. The van der Waals surface area contributed by atoms with Crippen molar-refractivity contribution >= 4 is 34.6 Å². The van der Waals surface area contributed by atoms with Crippen LogP contribution in [-0.2, 0) is 14.3 Å². The number of morpholine rings is 1. The van der Waals surface area contributed by atoms with Crippen molar-refractivity contribution in [2.75, 3.05) is 50.0 Å². The van der Waals surface area contributed by atoms with E-state index in [1.54, 1.807) is 13.1 Å². The number of aromatic nitrogens is 3. The molecule has 240 valence electrons. The van der Waals surface area contributed by atoms with Crippen LogP contribution in [0.2, 0.25) is 0 Å². The van der Waals surface area contributed by atoms with Gasteiger partial charge in [0, 0.05) is 43.3 Å². The van der Waals surface area contributed by atoms with E-state index in [2.05, 4.69) is 30.9 Å². The van der Waals surface area contributed by atoms with E-state index >= 15 is 4.39 Å². The quantitative estimate of drug-likeness (QED) is 0.167. The Hall–Kier alpha value is -4.95. The minimum Gasteiger partial charge on any atom is -0.434 e. The summed E-state index contributed by atoms with van der Waals surface area (Å²) in [7, 11) is 0. The fraction of sp³-hybridized carbons (Fsp3) is 0.344. The molecule has 6 rings (SSSR count). The molecule has 3 amide bonds. The summed E-state index contributed by atoms with van der Waals surface area (Å²) < 4.78 is 41.0. The van der Waals surface area contributed by atoms with Crippen LogP contribution in [0.15, 0.2) is 55.0 Å². The molecular weight excluding hydrogens is 600 g/mol. The first kappa shape index (κ1) is 31.0. The number of nitrogens with zero attached hydrogens (tertiary/aromatic N) is 4. The number of hydrogen-bond donors (Lipinski definition) is 3. The molecule has 0 radical (unpaired) electrons. The number of amides is 3. The highest BCUT2D eigenvalue weighted by Gasteiger charge is 2.56. The minimum absolute atomic E-state index is 0.0453. The monoisotopic (exact) mass is 633 g/mol. The Balaban J connectivity index is 1.09. The third kappa shape index (κ3) is 6.67. The van der Waals surface area contributed by atoms with E-state index in [-0.39, 0.29) is 23.2 Å². The van der Waals surface area contributed by atoms with Gasteiger partial charge in [0.15, 0.2) is 11.6 Å². The molecule has 14 heteroatoms. The molecule has 2 aliphatic rings. The lowest BCUT2D eigenvalue weighted by Gasteiger charge is -2.26. The van der Waals surface area contributed by atoms with Gasteiger partial charge in [-0.05, 0) is 74.7 Å². The van der Waals surface area contributed by atoms with Crippen LogP contribution in [0.1, 0.15) is 35.2 Å². The highest BCUT2D eigenvalue weighted by atomic mass is 19.1. The van der Waals surface area contributed by atoms with Gasteiger partial charge in [-0.1, -0.05) is 0 Å². The summed E-state index contributed by atoms with van der Waals surface area (Å²) in [5.41, 5.74) is 0.566. The normalized spacial score (nSPS) is 15.7. The summed E-state index contributed by atoms with van der Waals surface area (Å²) in [5.74, 6) is -2.70. The standard InChI is InChI=1S/C32H33F2N7O5/c1-20-24(28(42)35-11-2-12-40-13-15-45-16-14-40)18-41-27(20)29(36-19-37-41)46-26-8-7-23(17-25(26)34)39-31(44)32(9-10-32)30(43)38-22-5-3-21(33)4-6-22/h3-8,17-19H,2,9-16H2,1H3,(H,35,42)(H,38,43)(H,39,44). The molecule has 4 aromatic rings. The summed E-state index contributed by atoms with van der Waals surface area (Å²) in [6, 6.07) is 9.09. The molecule has 0 atom stereocenters. The second kappa shape index (κ2) is 13.2. The van der Waals surface area contributed by atoms with Gasteiger partial charge in [-0.3, -0.25) is 19.3 Å². The summed E-state index contributed by atoms with van der Waals surface area (Å²) >= 11 is 0. The van der Waals surface area contributed by atoms with E-state index in [0.29, 0.717) is 41.7 Å². The van der Waals surface area contributed by atoms with Crippen LogP contribution in [0.5, 0.6) is 11.6 Å². The van der Waals surface area contributed by atoms with E-state index in [1.807, 2.05) is 0 Å². The van der Waals surface area contributed by atoms with E-state index in [1.165, 1.54) is 47.2 Å². The van der Waals surface area contributed by atoms with Gasteiger partial charge in [0.25, 0.3) is 5.91 Å². The van der Waals surface area contributed by atoms with Crippen LogP contribution in [0.4, 0.5) is 20.2 Å². The van der Waals surface area contributed by atoms with Crippen molar-refractivity contribution in [2.24, 2.45) is 5.41 Å². The molecule has 2 fully saturated rings. The molecule has 0 spiro atoms. The largest absolute Gasteiger partial charge is 0.434 e. The third-order valence-corrected chi connectivity index (χ3v) is 8.20. The van der Waals surface area contributed by atoms with Crippen LogP contribution in [-0.4, -0.2) is 76.6 Å². The zero-order valence-corrected chi connectivity index (χ0v) is 25.1. The van der Waals surface area contributed by atoms with Crippen molar-refractivity contribution in [1.82, 2.24) is 24.8 Å². The van der Waals surface area contributed by atoms with Crippen molar-refractivity contribution in [3.05, 3.63) is 77.8 Å². The molecule has 0 bridgehead atoms. The van der Waals surface area contributed by atoms with Crippen molar-refractivity contribution in [3.63, 3.8) is 0 Å². The van der Waals surface area contributed by atoms with Crippen LogP contribution in [0.3, 0.4) is 0 Å². The Morgan fingerprint density at radius 3 is 2.39 bits per heavy atom. The van der Waals surface area contributed by atoms with Crippen molar-refractivity contribution in [2.45, 2.75) is 26.2 Å². The molecule has 3 N–H and O–H groups in total. The summed E-state index contributed by atoms with van der Waals surface area (Å²) in [6.07, 6.45) is 4.26. The average Bonchev–Trinajstić information content (AvgIpc) is 3.80. The van der Waals surface area contributed by atoms with E-state index in [9.17, 15) is 18.8 Å². The smallest absolute Gasteiger partial charge is 0.253 e. The molecule has 1 aliphatic heterocycles. The number of nitrogens with one attached hydrogen (secondary N) is 3. The second-order valence-corrected chi connectivity index (χ2v) is 11.3. The molecule has 12 nitrogen and oxygen atoms in total. The predicted molar refractivity (Wildman–Crippen MR) is 164 cm³/mol. The van der Waals surface area contributed by atoms with Crippen molar-refractivity contribution in [3.8, 4) is 11.6 Å². The average molecular weight is 634 g/mol. The van der Waals surface area contributed by atoms with Gasteiger partial charge in [-0.15, -0.1) is 0 Å². The third-order valence-electron chi connectivity index (χ3n) is 8.20. The topological polar surface area (TPSA) is 139 Å². The van der Waals surface area contributed by atoms with Crippen LogP contribution in [0.25, 0.3) is 5.52 Å². The number of hydrogen-bond acceptors (Lipinski definition) is 8. The van der Waals surface area contributed by atoms with Gasteiger partial charge in [-0.2, -0.15) is 10.1 Å². The SMILES string of the molecule is Cc1c(C(=O)NCCCN2CCOCC2)cn2ncnc(Oc3ccc(NC(=O)C4(C(=O)Nc5ccc(F)cc5)CC4)cc3F)c12. The Bertz CT molecular complexity index is 1770. The van der Waals surface area contributed by atoms with E-state index in [0.717, 1.165) is 45.3 Å². The fourth-order valence-electron chi connectivity index (χ4n) is 5.34. The van der Waals surface area contributed by atoms with Gasteiger partial charge in [0.1, 0.15) is 23.1 Å². The number of rotatable bonds is 11. The number of ether oxygens (including phenoxy) is 2. The van der Waals surface area contributed by atoms with Crippen LogP contribution >= 0.6 is 0 Å². The van der Waals surface area contributed by atoms with Gasteiger partial charge in [-0.25, -0.2) is 13.3 Å². The predicted octanol–water partition coefficient (Wildman–Crippen LogP) is 3.92. The summed E-state index contributed by atoms with van der Waals surface area (Å²) in [4.78, 5) is 45.3. The number of benzene rings is 2. The highest BCUT2D eigenvalue weighted by Crippen LogP contribution is 2.47. The highest BCUT2D eigenvalue weighted by molar-refractivity contribution is 6.16. The van der Waals surface area contributed by atoms with Crippen molar-refractivity contribution in [1.29, 1.82) is 0 Å². The van der Waals surface area contributed by atoms with Crippen molar-refractivity contribution < 1.29 is 32.6 Å². The van der Waals surface area contributed by atoms with E-state index < -0.39 is 28.9 Å². The Morgan fingerprint density at radius 1 is 1.00 bits per heavy atom. The zero-order valence-electron chi connectivity index (χ0n) is 25.1. The maximum atomic E-state index is 15.2. The number of carbonyl (C=O) groups is 3. The number of fused-ring (bicyclic) bond motifs is 1. The first-order chi connectivity index (χ1) is 22.2. The van der Waals surface area contributed by atoms with E-state index in [4.69, 9.17) is 9.47 Å². The second-order valence-electron chi connectivity index (χ2n) is 11.3. The molecule has 1 saturated heterocycles. The van der Waals surface area contributed by atoms with Gasteiger partial charge in [0.05, 0.1) is 18.8 Å². The summed E-state index contributed by atoms with van der Waals surface area (Å²) in [5, 5.41) is 12.4. The Morgan fingerprint density at radius 2 is 1.70 bits per heavy atom. The number of anilines is 2. The first-order valence-electron chi connectivity index (χ1n) is 15.0. The Kier molecular flexibility index (Phi) is 8.90. The number of aryl methyl sites for hydroxylation is 1. The molecule has 1 aliphatic carbocycles. The zero-order chi connectivity index (χ0) is 32.3. The lowest BCUT2D eigenvalue weighted by molar-refractivity contribution is -0.131. The molecule has 2 aromatic carbocycles. The van der Waals surface area contributed by atoms with Crippen LogP contribution in [0, 0.1) is 24.0 Å². The lowest BCUT2D eigenvalue weighted by atomic mass is 10.0. The number of halogens is 2. The molecule has 46 heavy (non-hydrogen) atoms. The summed E-state index contributed by atoms with van der Waals surface area (Å²) in [6.45, 7) is 6.33. The van der Waals surface area contributed by atoms with Gasteiger partial charge < -0.3 is 25.4 Å². The van der Waals surface area contributed by atoms with Crippen LogP contribution < -0.4 is 20.7 Å². The maximum absolute atomic E-state index is 15.2. The fourth-order valence-corrected chi connectivity index (χ4v) is 5.34. The number of carbonyl (C=O) groups excluding carboxylic acids is 3. The van der Waals surface area contributed by atoms with Gasteiger partial charge >= 0.3 is 0 Å². The molecule has 1 saturated carbocycles. The van der Waals surface area contributed by atoms with Gasteiger partial charge in [0.2, 0.25) is 17.7 Å². The Labute approximate surface area is 263 Å². The molecular formula is C32H33F2N7O5. The minimum atomic E-state index is -1.30. The molecule has 0 unspecified atom stereocenters. The molecule has 3 heterocycles. The first-order valence-corrected chi connectivity index (χ1v) is 15.0. The maximum Gasteiger partial charge on any atom is 0.253 e.